The quantitative estimate of drug-likeness (QED) is 0.304. The van der Waals surface area contributed by atoms with E-state index in [2.05, 4.69) is 34.3 Å². The molecule has 0 spiro atoms. The summed E-state index contributed by atoms with van der Waals surface area (Å²) in [7, 11) is -5.13. The maximum atomic E-state index is 13.4. The van der Waals surface area contributed by atoms with Gasteiger partial charge in [0.15, 0.2) is 0 Å². The first-order valence-corrected chi connectivity index (χ1v) is 12.5. The third-order valence-electron chi connectivity index (χ3n) is 5.08. The predicted molar refractivity (Wildman–Crippen MR) is 131 cm³/mol. The Morgan fingerprint density at radius 3 is 2.06 bits per heavy atom. The molecule has 0 saturated heterocycles. The molecule has 184 valence electrons. The van der Waals surface area contributed by atoms with E-state index in [-0.39, 0.29) is 28.4 Å². The van der Waals surface area contributed by atoms with Gasteiger partial charge in [-0.15, -0.1) is 14.1 Å². The van der Waals surface area contributed by atoms with Gasteiger partial charge in [0, 0.05) is 25.7 Å². The second-order valence-corrected chi connectivity index (χ2v) is 9.15. The summed E-state index contributed by atoms with van der Waals surface area (Å²) in [6.45, 7) is 7.31. The van der Waals surface area contributed by atoms with Crippen LogP contribution in [0.15, 0.2) is 45.5 Å². The summed E-state index contributed by atoms with van der Waals surface area (Å²) in [5.74, 6) is -0.319. The fourth-order valence-electron chi connectivity index (χ4n) is 3.30. The average molecular weight is 499 g/mol. The van der Waals surface area contributed by atoms with Crippen molar-refractivity contribution in [2.24, 2.45) is 10.2 Å². The highest BCUT2D eigenvalue weighted by Crippen LogP contribution is 2.34. The van der Waals surface area contributed by atoms with Crippen molar-refractivity contribution < 1.29 is 17.1 Å². The largest absolute Gasteiger partial charge is 0.371 e. The number of amides is 1. The number of anilines is 2. The second-order valence-electron chi connectivity index (χ2n) is 7.81. The molecule has 9 nitrogen and oxygen atoms in total. The minimum absolute atomic E-state index is 0.201. The molecule has 2 aromatic carbocycles. The topological polar surface area (TPSA) is 139 Å². The van der Waals surface area contributed by atoms with Crippen LogP contribution >= 0.6 is 0 Å². The van der Waals surface area contributed by atoms with Gasteiger partial charge in [-0.05, 0) is 43.2 Å². The van der Waals surface area contributed by atoms with Crippen LogP contribution in [0, 0.1) is 22.7 Å². The van der Waals surface area contributed by atoms with E-state index in [0.29, 0.717) is 5.69 Å². The number of hydrogen-bond acceptors (Lipinski definition) is 8. The summed E-state index contributed by atoms with van der Waals surface area (Å²) in [4.78, 5) is 13.2. The van der Waals surface area contributed by atoms with Crippen molar-refractivity contribution in [1.82, 2.24) is 0 Å². The van der Waals surface area contributed by atoms with Crippen molar-refractivity contribution in [3.63, 3.8) is 0 Å². The summed E-state index contributed by atoms with van der Waals surface area (Å²) in [5.41, 5.74) is 0.705. The van der Waals surface area contributed by atoms with Gasteiger partial charge >= 0.3 is 10.2 Å². The Labute approximate surface area is 205 Å². The number of halogens is 1. The van der Waals surface area contributed by atoms with Gasteiger partial charge < -0.3 is 10.2 Å². The van der Waals surface area contributed by atoms with Gasteiger partial charge in [0.1, 0.15) is 28.4 Å². The summed E-state index contributed by atoms with van der Waals surface area (Å²) in [5, 5.41) is 29.6. The Morgan fingerprint density at radius 1 is 1.03 bits per heavy atom. The number of azo groups is 1. The van der Waals surface area contributed by atoms with Crippen molar-refractivity contribution >= 4 is 38.9 Å². The van der Waals surface area contributed by atoms with E-state index in [9.17, 15) is 27.6 Å². The number of nitrogens with zero attached hydrogens (tertiary/aromatic N) is 5. The zero-order valence-electron chi connectivity index (χ0n) is 19.9. The fourth-order valence-corrected chi connectivity index (χ4v) is 3.81. The lowest BCUT2D eigenvalue weighted by atomic mass is 10.1. The van der Waals surface area contributed by atoms with E-state index >= 15 is 0 Å². The summed E-state index contributed by atoms with van der Waals surface area (Å²) in [6.07, 6.45) is 4.11. The molecule has 2 aromatic rings. The molecule has 0 saturated carbocycles. The van der Waals surface area contributed by atoms with Crippen LogP contribution in [0.3, 0.4) is 0 Å². The Hall–Kier alpha value is -3.83. The van der Waals surface area contributed by atoms with Crippen molar-refractivity contribution in [3.8, 4) is 12.1 Å². The number of carbonyl (C=O) groups is 1. The van der Waals surface area contributed by atoms with Gasteiger partial charge in [-0.1, -0.05) is 26.7 Å². The lowest BCUT2D eigenvalue weighted by Gasteiger charge is -2.25. The molecule has 2 rings (SSSR count). The molecule has 0 aliphatic rings. The van der Waals surface area contributed by atoms with Crippen LogP contribution in [-0.2, 0) is 15.0 Å². The SMILES string of the molecule is CCCCN(CCCC)c1ccc(N=Nc2c(C#N)cc(S(=O)(=O)F)cc2C#N)c(NC(C)=O)c1. The standard InChI is InChI=1S/C24H27FN6O3S/c1-4-6-10-31(11-7-5-2)20-8-9-22(23(14-20)28-17(3)32)29-30-24-18(15-26)12-21(35(25,33)34)13-19(24)16-27/h8-9,12-14H,4-7,10-11H2,1-3H3,(H,28,32). The van der Waals surface area contributed by atoms with E-state index in [4.69, 9.17) is 0 Å². The normalized spacial score (nSPS) is 11.1. The fraction of sp³-hybridized carbons (Fsp3) is 0.375. The molecule has 0 aliphatic heterocycles. The van der Waals surface area contributed by atoms with Crippen LogP contribution in [0.4, 0.5) is 26.6 Å². The summed E-state index contributed by atoms with van der Waals surface area (Å²) in [6, 6.07) is 10.3. The predicted octanol–water partition coefficient (Wildman–Crippen LogP) is 5.87. The van der Waals surface area contributed by atoms with Crippen LogP contribution < -0.4 is 10.2 Å². The van der Waals surface area contributed by atoms with Crippen LogP contribution in [0.2, 0.25) is 0 Å². The number of unbranched alkanes of at least 4 members (excludes halogenated alkanes) is 2. The lowest BCUT2D eigenvalue weighted by Crippen LogP contribution is -2.25. The van der Waals surface area contributed by atoms with Crippen molar-refractivity contribution in [2.75, 3.05) is 23.3 Å². The molecule has 35 heavy (non-hydrogen) atoms. The molecule has 1 amide bonds. The molecule has 0 radical (unpaired) electrons. The third kappa shape index (κ3) is 7.59. The Kier molecular flexibility index (Phi) is 9.86. The van der Waals surface area contributed by atoms with Gasteiger partial charge in [0.2, 0.25) is 5.91 Å². The van der Waals surface area contributed by atoms with Crippen LogP contribution in [0.1, 0.15) is 57.6 Å². The monoisotopic (exact) mass is 498 g/mol. The minimum Gasteiger partial charge on any atom is -0.371 e. The number of benzene rings is 2. The number of rotatable bonds is 11. The maximum Gasteiger partial charge on any atom is 0.332 e. The van der Waals surface area contributed by atoms with E-state index in [0.717, 1.165) is 56.6 Å². The first-order valence-electron chi connectivity index (χ1n) is 11.2. The molecule has 0 heterocycles. The Balaban J connectivity index is 2.55. The third-order valence-corrected chi connectivity index (χ3v) is 5.88. The number of nitrogens with one attached hydrogen (secondary N) is 1. The Morgan fingerprint density at radius 2 is 1.60 bits per heavy atom. The summed E-state index contributed by atoms with van der Waals surface area (Å²) >= 11 is 0. The van der Waals surface area contributed by atoms with Crippen LogP contribution in [0.25, 0.3) is 0 Å². The number of hydrogen-bond donors (Lipinski definition) is 1. The van der Waals surface area contributed by atoms with E-state index < -0.39 is 15.1 Å². The van der Waals surface area contributed by atoms with Crippen molar-refractivity contribution in [3.05, 3.63) is 41.5 Å². The summed E-state index contributed by atoms with van der Waals surface area (Å²) < 4.78 is 35.9. The molecule has 0 atom stereocenters. The Bertz CT molecular complexity index is 1250. The zero-order valence-corrected chi connectivity index (χ0v) is 20.7. The smallest absolute Gasteiger partial charge is 0.332 e. The van der Waals surface area contributed by atoms with Gasteiger partial charge in [-0.2, -0.15) is 18.9 Å². The van der Waals surface area contributed by atoms with Crippen LogP contribution in [0.5, 0.6) is 0 Å². The van der Waals surface area contributed by atoms with Crippen molar-refractivity contribution in [2.45, 2.75) is 51.3 Å². The average Bonchev–Trinajstić information content (AvgIpc) is 2.81. The molecule has 0 bridgehead atoms. The zero-order chi connectivity index (χ0) is 26.0. The van der Waals surface area contributed by atoms with E-state index in [1.807, 2.05) is 6.07 Å². The highest BCUT2D eigenvalue weighted by molar-refractivity contribution is 7.86. The van der Waals surface area contributed by atoms with E-state index in [1.165, 1.54) is 6.92 Å². The van der Waals surface area contributed by atoms with Gasteiger partial charge in [0.05, 0.1) is 16.8 Å². The second kappa shape index (κ2) is 12.6. The highest BCUT2D eigenvalue weighted by Gasteiger charge is 2.19. The highest BCUT2D eigenvalue weighted by atomic mass is 32.3. The molecule has 11 heteroatoms. The first-order chi connectivity index (χ1) is 16.6. The molecule has 1 N–H and O–H groups in total. The molecular weight excluding hydrogens is 471 g/mol. The first kappa shape index (κ1) is 27.4. The van der Waals surface area contributed by atoms with E-state index in [1.54, 1.807) is 24.3 Å². The number of nitriles is 2. The molecule has 0 fully saturated rings. The van der Waals surface area contributed by atoms with Crippen molar-refractivity contribution in [1.29, 1.82) is 10.5 Å². The molecule has 0 aliphatic carbocycles. The molecule has 0 unspecified atom stereocenters. The number of carbonyl (C=O) groups excluding carboxylic acids is 1. The lowest BCUT2D eigenvalue weighted by molar-refractivity contribution is -0.114. The van der Waals surface area contributed by atoms with Gasteiger partial charge in [0.25, 0.3) is 0 Å². The molecule has 0 aromatic heterocycles. The van der Waals surface area contributed by atoms with Crippen LogP contribution in [-0.4, -0.2) is 27.4 Å². The van der Waals surface area contributed by atoms with Gasteiger partial charge in [-0.25, -0.2) is 0 Å². The van der Waals surface area contributed by atoms with Gasteiger partial charge in [-0.3, -0.25) is 4.79 Å². The maximum absolute atomic E-state index is 13.4. The molecular formula is C24H27FN6O3S. The minimum atomic E-state index is -5.13.